The van der Waals surface area contributed by atoms with Gasteiger partial charge in [0.2, 0.25) is 5.91 Å². The number of benzene rings is 1. The lowest BCUT2D eigenvalue weighted by molar-refractivity contribution is -0.133. The van der Waals surface area contributed by atoms with E-state index < -0.39 is 0 Å². The largest absolute Gasteiger partial charge is 0.484 e. The van der Waals surface area contributed by atoms with E-state index in [1.54, 1.807) is 29.2 Å². The number of hydrogen-bond donors (Lipinski definition) is 2. The van der Waals surface area contributed by atoms with Crippen molar-refractivity contribution in [3.63, 3.8) is 0 Å². The third-order valence-electron chi connectivity index (χ3n) is 4.03. The van der Waals surface area contributed by atoms with Crippen LogP contribution < -0.4 is 15.4 Å². The van der Waals surface area contributed by atoms with Gasteiger partial charge in [0.05, 0.1) is 13.2 Å². The Kier molecular flexibility index (Phi) is 10.0. The molecule has 1 atom stereocenters. The third kappa shape index (κ3) is 7.19. The topological polar surface area (TPSA) is 79.9 Å². The van der Waals surface area contributed by atoms with Gasteiger partial charge in [-0.15, -0.1) is 12.4 Å². The monoisotopic (exact) mass is 385 g/mol. The van der Waals surface area contributed by atoms with Crippen molar-refractivity contribution in [2.24, 2.45) is 0 Å². The van der Waals surface area contributed by atoms with Gasteiger partial charge >= 0.3 is 0 Å². The summed E-state index contributed by atoms with van der Waals surface area (Å²) < 4.78 is 10.9. The molecule has 2 amide bonds. The average molecular weight is 386 g/mol. The van der Waals surface area contributed by atoms with Crippen molar-refractivity contribution >= 4 is 29.9 Å². The fourth-order valence-corrected chi connectivity index (χ4v) is 2.66. The smallest absolute Gasteiger partial charge is 0.260 e. The quantitative estimate of drug-likeness (QED) is 0.711. The molecule has 0 bridgehead atoms. The molecule has 7 nitrogen and oxygen atoms in total. The summed E-state index contributed by atoms with van der Waals surface area (Å²) in [5, 5.41) is 6.10. The molecule has 26 heavy (non-hydrogen) atoms. The second-order valence-electron chi connectivity index (χ2n) is 5.86. The van der Waals surface area contributed by atoms with Crippen LogP contribution in [-0.2, 0) is 14.3 Å². The van der Waals surface area contributed by atoms with Crippen LogP contribution >= 0.6 is 12.4 Å². The van der Waals surface area contributed by atoms with Gasteiger partial charge < -0.3 is 25.0 Å². The molecule has 0 spiro atoms. The molecular weight excluding hydrogens is 358 g/mol. The van der Waals surface area contributed by atoms with E-state index in [-0.39, 0.29) is 36.9 Å². The second kappa shape index (κ2) is 11.7. The predicted molar refractivity (Wildman–Crippen MR) is 103 cm³/mol. The van der Waals surface area contributed by atoms with Crippen molar-refractivity contribution in [3.05, 3.63) is 24.3 Å². The first-order valence-electron chi connectivity index (χ1n) is 8.74. The molecule has 0 saturated carbocycles. The summed E-state index contributed by atoms with van der Waals surface area (Å²) in [5.41, 5.74) is 0.648. The Morgan fingerprint density at radius 1 is 1.35 bits per heavy atom. The standard InChI is InChI=1S/C18H27N3O4.ClH/c1-3-21(4-2)18(23)13-25-16-7-5-6-14(10-16)20-17(22)11-15-12-24-9-8-19-15;/h5-7,10,15,19H,3-4,8-9,11-13H2,1-2H3,(H,20,22);1H. The van der Waals surface area contributed by atoms with Crippen LogP contribution in [0, 0.1) is 0 Å². The molecule has 1 unspecified atom stereocenters. The van der Waals surface area contributed by atoms with Gasteiger partial charge in [-0.25, -0.2) is 0 Å². The zero-order valence-electron chi connectivity index (χ0n) is 15.3. The second-order valence-corrected chi connectivity index (χ2v) is 5.86. The Morgan fingerprint density at radius 2 is 2.12 bits per heavy atom. The average Bonchev–Trinajstić information content (AvgIpc) is 2.62. The molecule has 146 valence electrons. The number of rotatable bonds is 8. The Hall–Kier alpha value is -1.83. The molecule has 1 aromatic carbocycles. The normalized spacial score (nSPS) is 16.3. The van der Waals surface area contributed by atoms with E-state index in [2.05, 4.69) is 10.6 Å². The van der Waals surface area contributed by atoms with Gasteiger partial charge in [0.25, 0.3) is 5.91 Å². The summed E-state index contributed by atoms with van der Waals surface area (Å²) >= 11 is 0. The number of anilines is 1. The lowest BCUT2D eigenvalue weighted by Crippen LogP contribution is -2.43. The van der Waals surface area contributed by atoms with Crippen LogP contribution in [0.2, 0.25) is 0 Å². The molecule has 0 aromatic heterocycles. The van der Waals surface area contributed by atoms with Crippen LogP contribution in [0.4, 0.5) is 5.69 Å². The summed E-state index contributed by atoms with van der Waals surface area (Å²) in [6.45, 7) is 7.17. The lowest BCUT2D eigenvalue weighted by Gasteiger charge is -2.23. The maximum atomic E-state index is 12.1. The van der Waals surface area contributed by atoms with Crippen molar-refractivity contribution < 1.29 is 19.1 Å². The Morgan fingerprint density at radius 3 is 2.77 bits per heavy atom. The first kappa shape index (κ1) is 22.2. The molecule has 8 heteroatoms. The first-order chi connectivity index (χ1) is 12.1. The Labute approximate surface area is 160 Å². The van der Waals surface area contributed by atoms with Crippen molar-refractivity contribution in [2.75, 3.05) is 44.8 Å². The molecule has 1 heterocycles. The number of carbonyl (C=O) groups is 2. The molecule has 0 aliphatic carbocycles. The molecule has 2 N–H and O–H groups in total. The van der Waals surface area contributed by atoms with Gasteiger partial charge in [-0.2, -0.15) is 0 Å². The van der Waals surface area contributed by atoms with Crippen LogP contribution in [0.1, 0.15) is 20.3 Å². The number of ether oxygens (including phenoxy) is 2. The van der Waals surface area contributed by atoms with Gasteiger partial charge in [-0.1, -0.05) is 6.07 Å². The minimum atomic E-state index is -0.0839. The minimum Gasteiger partial charge on any atom is -0.484 e. The molecule has 1 aliphatic heterocycles. The highest BCUT2D eigenvalue weighted by Crippen LogP contribution is 2.18. The van der Waals surface area contributed by atoms with Crippen LogP contribution in [-0.4, -0.2) is 62.2 Å². The number of nitrogens with zero attached hydrogens (tertiary/aromatic N) is 1. The maximum Gasteiger partial charge on any atom is 0.260 e. The molecule has 2 rings (SSSR count). The fourth-order valence-electron chi connectivity index (χ4n) is 2.66. The lowest BCUT2D eigenvalue weighted by atomic mass is 10.2. The van der Waals surface area contributed by atoms with Crippen molar-refractivity contribution in [2.45, 2.75) is 26.3 Å². The fraction of sp³-hybridized carbons (Fsp3) is 0.556. The van der Waals surface area contributed by atoms with E-state index in [1.807, 2.05) is 13.8 Å². The maximum absolute atomic E-state index is 12.1. The van der Waals surface area contributed by atoms with Crippen LogP contribution in [0.15, 0.2) is 24.3 Å². The molecule has 1 aromatic rings. The van der Waals surface area contributed by atoms with Gasteiger partial charge in [0.1, 0.15) is 5.75 Å². The number of carbonyl (C=O) groups excluding carboxylic acids is 2. The van der Waals surface area contributed by atoms with Gasteiger partial charge in [-0.3, -0.25) is 9.59 Å². The number of halogens is 1. The highest BCUT2D eigenvalue weighted by molar-refractivity contribution is 5.91. The molecule has 1 aliphatic rings. The number of nitrogens with one attached hydrogen (secondary N) is 2. The summed E-state index contributed by atoms with van der Waals surface area (Å²) in [5.74, 6) is 0.416. The first-order valence-corrected chi connectivity index (χ1v) is 8.74. The van der Waals surface area contributed by atoms with Crippen LogP contribution in [0.5, 0.6) is 5.75 Å². The Balaban J connectivity index is 0.00000338. The molecular formula is C18H28ClN3O4. The van der Waals surface area contributed by atoms with E-state index in [4.69, 9.17) is 9.47 Å². The third-order valence-corrected chi connectivity index (χ3v) is 4.03. The van der Waals surface area contributed by atoms with Crippen molar-refractivity contribution in [3.8, 4) is 5.75 Å². The summed E-state index contributed by atoms with van der Waals surface area (Å²) in [6.07, 6.45) is 0.353. The molecule has 0 radical (unpaired) electrons. The predicted octanol–water partition coefficient (Wildman–Crippen LogP) is 1.67. The van der Waals surface area contributed by atoms with Crippen molar-refractivity contribution in [1.29, 1.82) is 0 Å². The van der Waals surface area contributed by atoms with Gasteiger partial charge in [-0.05, 0) is 26.0 Å². The number of likely N-dealkylation sites (N-methyl/N-ethyl adjacent to an activating group) is 1. The summed E-state index contributed by atoms with van der Waals surface area (Å²) in [4.78, 5) is 25.8. The zero-order chi connectivity index (χ0) is 18.1. The van der Waals surface area contributed by atoms with E-state index in [9.17, 15) is 9.59 Å². The van der Waals surface area contributed by atoms with E-state index in [0.29, 0.717) is 44.2 Å². The summed E-state index contributed by atoms with van der Waals surface area (Å²) in [6, 6.07) is 7.11. The van der Waals surface area contributed by atoms with Gasteiger partial charge in [0, 0.05) is 43.9 Å². The van der Waals surface area contributed by atoms with E-state index in [1.165, 1.54) is 0 Å². The van der Waals surface area contributed by atoms with E-state index >= 15 is 0 Å². The van der Waals surface area contributed by atoms with Gasteiger partial charge in [0.15, 0.2) is 6.61 Å². The van der Waals surface area contributed by atoms with Crippen LogP contribution in [0.25, 0.3) is 0 Å². The SMILES string of the molecule is CCN(CC)C(=O)COc1cccc(NC(=O)CC2COCCN2)c1.Cl. The highest BCUT2D eigenvalue weighted by atomic mass is 35.5. The van der Waals surface area contributed by atoms with Crippen molar-refractivity contribution in [1.82, 2.24) is 10.2 Å². The summed E-state index contributed by atoms with van der Waals surface area (Å²) in [7, 11) is 0. The Bertz CT molecular complexity index is 575. The highest BCUT2D eigenvalue weighted by Gasteiger charge is 2.17. The number of amides is 2. The zero-order valence-corrected chi connectivity index (χ0v) is 16.1. The molecule has 1 fully saturated rings. The van der Waals surface area contributed by atoms with E-state index in [0.717, 1.165) is 6.54 Å². The molecule has 1 saturated heterocycles. The number of morpholine rings is 1. The van der Waals surface area contributed by atoms with Crippen LogP contribution in [0.3, 0.4) is 0 Å². The number of hydrogen-bond acceptors (Lipinski definition) is 5. The minimum absolute atomic E-state index is 0.